The van der Waals surface area contributed by atoms with Gasteiger partial charge in [-0.1, -0.05) is 88.4 Å². The standard InChI is InChI=1S/2C17H18F2N.2C5H5.Ti/c2*1-13(2)11-20(12-14-6-4-3-5-7-14)17-9-8-15(18)10-16(17)19;2*1-2-4-5-3-1;/h2*3-9,13H,11-12H2,1-2H3;2*1-3H,4H2;/q4*-1;+4. The Balaban J connectivity index is 0.000000273. The van der Waals surface area contributed by atoms with Crippen LogP contribution >= 0.6 is 0 Å². The maximum absolute atomic E-state index is 13.9. The largest absolute Gasteiger partial charge is 4.00 e. The second-order valence-electron chi connectivity index (χ2n) is 12.5. The molecule has 0 bridgehead atoms. The van der Waals surface area contributed by atoms with Crippen molar-refractivity contribution in [3.63, 3.8) is 0 Å². The molecule has 0 aliphatic heterocycles. The summed E-state index contributed by atoms with van der Waals surface area (Å²) in [5, 5.41) is 0. The third-order valence-electron chi connectivity index (χ3n) is 7.14. The smallest absolute Gasteiger partial charge is 0.417 e. The quantitative estimate of drug-likeness (QED) is 0.0912. The van der Waals surface area contributed by atoms with E-state index in [1.807, 2.05) is 94.8 Å². The van der Waals surface area contributed by atoms with Gasteiger partial charge in [0.25, 0.3) is 0 Å². The zero-order chi connectivity index (χ0) is 36.1. The number of allylic oxidation sites excluding steroid dienone is 8. The summed E-state index contributed by atoms with van der Waals surface area (Å²) in [5.74, 6) is -1.86. The molecule has 0 fully saturated rings. The minimum atomic E-state index is -0.671. The average Bonchev–Trinajstić information content (AvgIpc) is 3.86. The van der Waals surface area contributed by atoms with Crippen LogP contribution in [0.25, 0.3) is 0 Å². The van der Waals surface area contributed by atoms with Crippen LogP contribution in [0.2, 0.25) is 0 Å². The molecular formula is C44H46F4N2Ti. The second kappa shape index (κ2) is 24.1. The summed E-state index contributed by atoms with van der Waals surface area (Å²) in [6.07, 6.45) is 20.0. The van der Waals surface area contributed by atoms with Gasteiger partial charge in [0.05, 0.1) is 0 Å². The molecule has 0 aromatic heterocycles. The van der Waals surface area contributed by atoms with Crippen LogP contribution in [0.3, 0.4) is 0 Å². The van der Waals surface area contributed by atoms with Crippen LogP contribution in [0.1, 0.15) is 51.7 Å². The van der Waals surface area contributed by atoms with E-state index in [9.17, 15) is 17.6 Å². The van der Waals surface area contributed by atoms with Crippen LogP contribution in [0.15, 0.2) is 121 Å². The van der Waals surface area contributed by atoms with Crippen molar-refractivity contribution in [1.29, 1.82) is 0 Å². The first kappa shape index (κ1) is 43.0. The van der Waals surface area contributed by atoms with Gasteiger partial charge in [-0.2, -0.15) is 12.2 Å². The van der Waals surface area contributed by atoms with E-state index >= 15 is 0 Å². The second-order valence-corrected chi connectivity index (χ2v) is 12.5. The first-order valence-electron chi connectivity index (χ1n) is 16.9. The first-order valence-corrected chi connectivity index (χ1v) is 16.9. The number of halogens is 4. The summed E-state index contributed by atoms with van der Waals surface area (Å²) in [6, 6.07) is 29.4. The fourth-order valence-electron chi connectivity index (χ4n) is 5.03. The summed E-state index contributed by atoms with van der Waals surface area (Å²) in [7, 11) is 0. The molecule has 2 aliphatic carbocycles. The van der Waals surface area contributed by atoms with Crippen molar-refractivity contribution >= 4 is 11.4 Å². The van der Waals surface area contributed by atoms with E-state index in [4.69, 9.17) is 0 Å². The molecule has 51 heavy (non-hydrogen) atoms. The molecule has 0 spiro atoms. The Hall–Kier alpha value is -4.13. The van der Waals surface area contributed by atoms with Crippen molar-refractivity contribution in [2.75, 3.05) is 22.9 Å². The summed E-state index contributed by atoms with van der Waals surface area (Å²) < 4.78 is 53.8. The minimum absolute atomic E-state index is 0. The van der Waals surface area contributed by atoms with E-state index in [1.54, 1.807) is 0 Å². The van der Waals surface area contributed by atoms with E-state index in [0.717, 1.165) is 24.0 Å². The van der Waals surface area contributed by atoms with E-state index in [-0.39, 0.29) is 21.7 Å². The molecule has 2 nitrogen and oxygen atoms in total. The fraction of sp³-hybridized carbons (Fsp3) is 0.273. The van der Waals surface area contributed by atoms with Gasteiger partial charge in [0.1, 0.15) is 0 Å². The Morgan fingerprint density at radius 1 is 0.549 bits per heavy atom. The number of hydrogen-bond donors (Lipinski definition) is 0. The van der Waals surface area contributed by atoms with Gasteiger partial charge in [-0.15, -0.1) is 49.2 Å². The van der Waals surface area contributed by atoms with E-state index in [2.05, 4.69) is 64.1 Å². The summed E-state index contributed by atoms with van der Waals surface area (Å²) in [4.78, 5) is 3.84. The Kier molecular flexibility index (Phi) is 20.4. The number of nitrogens with zero attached hydrogens (tertiary/aromatic N) is 2. The van der Waals surface area contributed by atoms with Gasteiger partial charge in [0.15, 0.2) is 0 Å². The molecule has 4 aromatic carbocycles. The monoisotopic (exact) mass is 726 g/mol. The van der Waals surface area contributed by atoms with E-state index in [1.165, 1.54) is 24.3 Å². The molecule has 7 heteroatoms. The molecule has 0 unspecified atom stereocenters. The van der Waals surface area contributed by atoms with Crippen molar-refractivity contribution in [2.45, 2.75) is 53.6 Å². The molecule has 0 N–H and O–H groups in total. The molecule has 2 aliphatic rings. The molecule has 4 aromatic rings. The van der Waals surface area contributed by atoms with Gasteiger partial charge < -0.3 is 9.80 Å². The average molecular weight is 727 g/mol. The summed E-state index contributed by atoms with van der Waals surface area (Å²) >= 11 is 0. The Labute approximate surface area is 317 Å². The van der Waals surface area contributed by atoms with Gasteiger partial charge in [-0.25, -0.2) is 41.9 Å². The van der Waals surface area contributed by atoms with Crippen LogP contribution in [0.5, 0.6) is 0 Å². The van der Waals surface area contributed by atoms with E-state index < -0.39 is 23.3 Å². The summed E-state index contributed by atoms with van der Waals surface area (Å²) in [6.45, 7) is 10.9. The number of hydrogen-bond acceptors (Lipinski definition) is 2. The van der Waals surface area contributed by atoms with Crippen molar-refractivity contribution in [3.8, 4) is 0 Å². The molecule has 0 atom stereocenters. The van der Waals surface area contributed by atoms with Crippen LogP contribution in [-0.2, 0) is 34.8 Å². The zero-order valence-electron chi connectivity index (χ0n) is 29.9. The van der Waals surface area contributed by atoms with E-state index in [0.29, 0.717) is 49.4 Å². The van der Waals surface area contributed by atoms with Gasteiger partial charge in [0.2, 0.25) is 0 Å². The molecule has 0 saturated heterocycles. The van der Waals surface area contributed by atoms with Crippen molar-refractivity contribution in [2.24, 2.45) is 11.8 Å². The van der Waals surface area contributed by atoms with Crippen LogP contribution in [0.4, 0.5) is 28.9 Å². The summed E-state index contributed by atoms with van der Waals surface area (Å²) in [5.41, 5.74) is 2.97. The molecule has 0 saturated carbocycles. The fourth-order valence-corrected chi connectivity index (χ4v) is 5.03. The Morgan fingerprint density at radius 3 is 1.18 bits per heavy atom. The molecule has 0 amide bonds. The minimum Gasteiger partial charge on any atom is -0.417 e. The molecule has 0 heterocycles. The number of rotatable bonds is 10. The topological polar surface area (TPSA) is 6.48 Å². The molecule has 264 valence electrons. The Morgan fingerprint density at radius 2 is 0.922 bits per heavy atom. The maximum atomic E-state index is 13.9. The van der Waals surface area contributed by atoms with Gasteiger partial charge in [0, 0.05) is 49.4 Å². The molecular weight excluding hydrogens is 680 g/mol. The molecule has 0 radical (unpaired) electrons. The maximum Gasteiger partial charge on any atom is 4.00 e. The van der Waals surface area contributed by atoms with Crippen LogP contribution in [-0.4, -0.2) is 13.1 Å². The molecule has 6 rings (SSSR count). The Bertz CT molecular complexity index is 1520. The van der Waals surface area contributed by atoms with Crippen molar-refractivity contribution in [3.05, 3.63) is 180 Å². The van der Waals surface area contributed by atoms with Gasteiger partial charge in [-0.3, -0.25) is 12.2 Å². The van der Waals surface area contributed by atoms with Crippen molar-refractivity contribution < 1.29 is 39.3 Å². The first-order chi connectivity index (χ1) is 24.1. The zero-order valence-corrected chi connectivity index (χ0v) is 31.4. The predicted octanol–water partition coefficient (Wildman–Crippen LogP) is 11.5. The third-order valence-corrected chi connectivity index (χ3v) is 7.14. The number of anilines is 2. The SMILES string of the molecule is CC(C)CN(Cc1ccccc1)c1ccc(F)[c-]c1F.CC(C)CN(Cc1ccccc1)c1ccc(F)[c-]c1F.[C-]1=CC=CC1.[C-]1=CC=CC1.[Ti+4]. The number of benzene rings is 4. The van der Waals surface area contributed by atoms with Gasteiger partial charge in [-0.05, 0) is 34.3 Å². The van der Waals surface area contributed by atoms with Crippen LogP contribution < -0.4 is 9.80 Å². The van der Waals surface area contributed by atoms with Gasteiger partial charge >= 0.3 is 21.7 Å². The normalized spacial score (nSPS) is 12.0. The van der Waals surface area contributed by atoms with Crippen LogP contribution in [0, 0.1) is 59.4 Å². The third kappa shape index (κ3) is 17.1. The predicted molar refractivity (Wildman–Crippen MR) is 198 cm³/mol. The van der Waals surface area contributed by atoms with Crippen molar-refractivity contribution in [1.82, 2.24) is 0 Å².